The monoisotopic (exact) mass is 412 g/mol. The number of carbonyl (C=O) groups is 2. The van der Waals surface area contributed by atoms with Gasteiger partial charge in [0.15, 0.2) is 0 Å². The van der Waals surface area contributed by atoms with Crippen molar-refractivity contribution in [2.75, 3.05) is 23.3 Å². The Morgan fingerprint density at radius 2 is 1.48 bits per heavy atom. The second kappa shape index (κ2) is 9.90. The minimum absolute atomic E-state index is 0.374. The van der Waals surface area contributed by atoms with E-state index >= 15 is 0 Å². The van der Waals surface area contributed by atoms with Crippen LogP contribution in [0.3, 0.4) is 0 Å². The molecule has 5 nitrogen and oxygen atoms in total. The first-order valence-corrected chi connectivity index (χ1v) is 8.84. The molecule has 0 spiro atoms. The Balaban J connectivity index is 0.000000370. The number of alkyl halides is 4. The SMILES string of the molecule is O=C(Nc1ccccc1N1CCCC1)C(F)c1ccccc1.O=C(O)C(F)(F)F. The number of amides is 1. The normalized spacial score (nSPS) is 14.6. The van der Waals surface area contributed by atoms with Crippen LogP contribution in [0.1, 0.15) is 24.6 Å². The van der Waals surface area contributed by atoms with Gasteiger partial charge in [0.05, 0.1) is 11.4 Å². The van der Waals surface area contributed by atoms with E-state index in [0.717, 1.165) is 31.6 Å². The Kier molecular flexibility index (Phi) is 7.58. The van der Waals surface area contributed by atoms with Gasteiger partial charge in [0.1, 0.15) is 0 Å². The van der Waals surface area contributed by atoms with Gasteiger partial charge >= 0.3 is 12.1 Å². The van der Waals surface area contributed by atoms with E-state index in [1.54, 1.807) is 30.3 Å². The van der Waals surface area contributed by atoms with Crippen LogP contribution in [0.2, 0.25) is 0 Å². The topological polar surface area (TPSA) is 69.6 Å². The van der Waals surface area contributed by atoms with Crippen LogP contribution in [0.25, 0.3) is 0 Å². The number of carbonyl (C=O) groups excluding carboxylic acids is 1. The fourth-order valence-electron chi connectivity index (χ4n) is 2.78. The van der Waals surface area contributed by atoms with Crippen molar-refractivity contribution in [1.82, 2.24) is 0 Å². The molecule has 156 valence electrons. The molecule has 1 heterocycles. The lowest BCUT2D eigenvalue weighted by molar-refractivity contribution is -0.192. The van der Waals surface area contributed by atoms with E-state index in [-0.39, 0.29) is 0 Å². The van der Waals surface area contributed by atoms with Gasteiger partial charge in [-0.05, 0) is 30.5 Å². The number of nitrogens with zero attached hydrogens (tertiary/aromatic N) is 1. The second-order valence-electron chi connectivity index (χ2n) is 6.28. The minimum atomic E-state index is -5.08. The first-order chi connectivity index (χ1) is 13.7. The molecular formula is C20H20F4N2O3. The van der Waals surface area contributed by atoms with E-state index in [1.807, 2.05) is 24.3 Å². The number of rotatable bonds is 4. The molecule has 0 radical (unpaired) electrons. The zero-order chi connectivity index (χ0) is 21.4. The van der Waals surface area contributed by atoms with Crippen molar-refractivity contribution in [3.63, 3.8) is 0 Å². The summed E-state index contributed by atoms with van der Waals surface area (Å²) in [4.78, 5) is 23.3. The van der Waals surface area contributed by atoms with Gasteiger partial charge in [-0.3, -0.25) is 4.79 Å². The molecule has 0 aliphatic carbocycles. The van der Waals surface area contributed by atoms with Crippen LogP contribution < -0.4 is 10.2 Å². The van der Waals surface area contributed by atoms with Crippen molar-refractivity contribution < 1.29 is 32.3 Å². The third-order valence-corrected chi connectivity index (χ3v) is 4.17. The highest BCUT2D eigenvalue weighted by atomic mass is 19.4. The van der Waals surface area contributed by atoms with Crippen LogP contribution in [0, 0.1) is 0 Å². The van der Waals surface area contributed by atoms with Gasteiger partial charge in [-0.1, -0.05) is 42.5 Å². The zero-order valence-electron chi connectivity index (χ0n) is 15.3. The molecule has 9 heteroatoms. The minimum Gasteiger partial charge on any atom is -0.475 e. The Labute approximate surface area is 164 Å². The van der Waals surface area contributed by atoms with Gasteiger partial charge < -0.3 is 15.3 Å². The van der Waals surface area contributed by atoms with Crippen molar-refractivity contribution in [1.29, 1.82) is 0 Å². The summed E-state index contributed by atoms with van der Waals surface area (Å²) >= 11 is 0. The summed E-state index contributed by atoms with van der Waals surface area (Å²) in [7, 11) is 0. The van der Waals surface area contributed by atoms with Gasteiger partial charge in [-0.2, -0.15) is 13.2 Å². The smallest absolute Gasteiger partial charge is 0.475 e. The quantitative estimate of drug-likeness (QED) is 0.722. The Morgan fingerprint density at radius 1 is 0.966 bits per heavy atom. The average Bonchev–Trinajstić information content (AvgIpc) is 3.23. The molecule has 1 fully saturated rings. The third kappa shape index (κ3) is 6.48. The van der Waals surface area contributed by atoms with Crippen LogP contribution in [-0.2, 0) is 9.59 Å². The van der Waals surface area contributed by atoms with Crippen molar-refractivity contribution >= 4 is 23.3 Å². The van der Waals surface area contributed by atoms with E-state index in [1.165, 1.54) is 0 Å². The summed E-state index contributed by atoms with van der Waals surface area (Å²) in [5.41, 5.74) is 2.01. The summed E-state index contributed by atoms with van der Waals surface area (Å²) in [5.74, 6) is -3.38. The summed E-state index contributed by atoms with van der Waals surface area (Å²) in [6, 6.07) is 16.1. The van der Waals surface area contributed by atoms with Crippen molar-refractivity contribution in [2.24, 2.45) is 0 Å². The van der Waals surface area contributed by atoms with Crippen LogP contribution in [-0.4, -0.2) is 36.2 Å². The number of anilines is 2. The molecule has 1 unspecified atom stereocenters. The molecule has 2 aromatic rings. The Bertz CT molecular complexity index is 822. The lowest BCUT2D eigenvalue weighted by Crippen LogP contribution is -2.23. The van der Waals surface area contributed by atoms with E-state index in [0.29, 0.717) is 11.3 Å². The Hall–Kier alpha value is -3.10. The number of benzene rings is 2. The molecule has 1 atom stereocenters. The molecule has 1 saturated heterocycles. The van der Waals surface area contributed by atoms with Crippen molar-refractivity contribution in [3.05, 3.63) is 60.2 Å². The maximum Gasteiger partial charge on any atom is 0.490 e. The molecule has 1 aliphatic rings. The number of carboxylic acid groups (broad SMARTS) is 1. The van der Waals surface area contributed by atoms with Crippen molar-refractivity contribution in [2.45, 2.75) is 25.2 Å². The highest BCUT2D eigenvalue weighted by Gasteiger charge is 2.38. The molecule has 2 N–H and O–H groups in total. The Morgan fingerprint density at radius 3 is 2.03 bits per heavy atom. The standard InChI is InChI=1S/C18H19FN2O.C2HF3O2/c19-17(14-8-2-1-3-9-14)18(22)20-15-10-4-5-11-16(15)21-12-6-7-13-21;3-2(4,5)1(6)7/h1-5,8-11,17H,6-7,12-13H2,(H,20,22);(H,6,7). The van der Waals surface area contributed by atoms with E-state index in [2.05, 4.69) is 10.2 Å². The maximum absolute atomic E-state index is 14.3. The van der Waals surface area contributed by atoms with Gasteiger partial charge in [0.25, 0.3) is 5.91 Å². The van der Waals surface area contributed by atoms with Crippen LogP contribution >= 0.6 is 0 Å². The van der Waals surface area contributed by atoms with Crippen LogP contribution in [0.15, 0.2) is 54.6 Å². The van der Waals surface area contributed by atoms with Gasteiger partial charge in [0.2, 0.25) is 6.17 Å². The van der Waals surface area contributed by atoms with E-state index < -0.39 is 24.2 Å². The lowest BCUT2D eigenvalue weighted by Gasteiger charge is -2.22. The zero-order valence-corrected chi connectivity index (χ0v) is 15.3. The molecule has 1 amide bonds. The number of carboxylic acids is 1. The second-order valence-corrected chi connectivity index (χ2v) is 6.28. The number of halogens is 4. The molecule has 0 aromatic heterocycles. The van der Waals surface area contributed by atoms with Gasteiger partial charge in [-0.25, -0.2) is 9.18 Å². The average molecular weight is 412 g/mol. The molecule has 0 saturated carbocycles. The first-order valence-electron chi connectivity index (χ1n) is 8.84. The largest absolute Gasteiger partial charge is 0.490 e. The molecule has 29 heavy (non-hydrogen) atoms. The van der Waals surface area contributed by atoms with E-state index in [4.69, 9.17) is 9.90 Å². The van der Waals surface area contributed by atoms with Gasteiger partial charge in [0, 0.05) is 13.1 Å². The number of hydrogen-bond donors (Lipinski definition) is 2. The van der Waals surface area contributed by atoms with E-state index in [9.17, 15) is 22.4 Å². The molecule has 3 rings (SSSR count). The van der Waals surface area contributed by atoms with Gasteiger partial charge in [-0.15, -0.1) is 0 Å². The molecule has 1 aliphatic heterocycles. The highest BCUT2D eigenvalue weighted by molar-refractivity contribution is 5.97. The predicted octanol–water partition coefficient (Wildman–Crippen LogP) is 4.57. The van der Waals surface area contributed by atoms with Crippen LogP contribution in [0.4, 0.5) is 28.9 Å². The predicted molar refractivity (Wildman–Crippen MR) is 101 cm³/mol. The maximum atomic E-state index is 14.3. The summed E-state index contributed by atoms with van der Waals surface area (Å²) < 4.78 is 46.0. The fraction of sp³-hybridized carbons (Fsp3) is 0.300. The number of para-hydroxylation sites is 2. The third-order valence-electron chi connectivity index (χ3n) is 4.17. The summed E-state index contributed by atoms with van der Waals surface area (Å²) in [5, 5.41) is 9.86. The number of hydrogen-bond acceptors (Lipinski definition) is 3. The molecule has 0 bridgehead atoms. The summed E-state index contributed by atoms with van der Waals surface area (Å²) in [6.07, 6.45) is -4.44. The van der Waals surface area contributed by atoms with Crippen molar-refractivity contribution in [3.8, 4) is 0 Å². The summed E-state index contributed by atoms with van der Waals surface area (Å²) in [6.45, 7) is 1.95. The first kappa shape index (κ1) is 22.2. The fourth-order valence-corrected chi connectivity index (χ4v) is 2.78. The van der Waals surface area contributed by atoms with Crippen LogP contribution in [0.5, 0.6) is 0 Å². The number of aliphatic carboxylic acids is 1. The number of nitrogens with one attached hydrogen (secondary N) is 1. The lowest BCUT2D eigenvalue weighted by atomic mass is 10.1. The highest BCUT2D eigenvalue weighted by Crippen LogP contribution is 2.30. The molecular weight excluding hydrogens is 392 g/mol. The molecule has 2 aromatic carbocycles.